The van der Waals surface area contributed by atoms with E-state index in [1.54, 1.807) is 0 Å². The summed E-state index contributed by atoms with van der Waals surface area (Å²) >= 11 is 0. The Balaban J connectivity index is 1.23. The Morgan fingerprint density at radius 2 is 1.56 bits per heavy atom. The van der Waals surface area contributed by atoms with Gasteiger partial charge in [0.05, 0.1) is 6.04 Å². The molecule has 1 heterocycles. The largest absolute Gasteiger partial charge is 0.351 e. The van der Waals surface area contributed by atoms with Gasteiger partial charge in [0.1, 0.15) is 0 Å². The fraction of sp³-hybridized carbons (Fsp3) is 0.370. The van der Waals surface area contributed by atoms with Crippen LogP contribution in [0.2, 0.25) is 0 Å². The number of aryl methyl sites for hydroxylation is 1. The molecule has 0 spiro atoms. The molecule has 1 atom stereocenters. The molecule has 1 fully saturated rings. The zero-order valence-corrected chi connectivity index (χ0v) is 18.4. The zero-order chi connectivity index (χ0) is 21.8. The number of benzene rings is 2. The first-order valence-corrected chi connectivity index (χ1v) is 11.8. The summed E-state index contributed by atoms with van der Waals surface area (Å²) < 4.78 is 0. The molecule has 5 rings (SSSR count). The van der Waals surface area contributed by atoms with Crippen molar-refractivity contribution in [1.82, 2.24) is 15.3 Å². The van der Waals surface area contributed by atoms with E-state index in [0.717, 1.165) is 30.4 Å². The minimum absolute atomic E-state index is 0.0264. The molecule has 0 aliphatic heterocycles. The van der Waals surface area contributed by atoms with Gasteiger partial charge in [-0.2, -0.15) is 0 Å². The van der Waals surface area contributed by atoms with Gasteiger partial charge in [0, 0.05) is 29.6 Å². The van der Waals surface area contributed by atoms with Crippen molar-refractivity contribution in [3.63, 3.8) is 0 Å². The molecule has 5 nitrogen and oxygen atoms in total. The molecule has 1 unspecified atom stereocenters. The van der Waals surface area contributed by atoms with Crippen molar-refractivity contribution in [3.05, 3.63) is 77.6 Å². The lowest BCUT2D eigenvalue weighted by Crippen LogP contribution is -2.30. The number of nitrogens with zero attached hydrogens (tertiary/aromatic N) is 2. The number of hydrogen-bond acceptors (Lipinski definition) is 4. The molecule has 2 N–H and O–H groups in total. The molecule has 2 aliphatic carbocycles. The third kappa shape index (κ3) is 4.67. The molecule has 0 saturated heterocycles. The van der Waals surface area contributed by atoms with Crippen molar-refractivity contribution in [1.29, 1.82) is 0 Å². The van der Waals surface area contributed by atoms with Crippen LogP contribution < -0.4 is 10.6 Å². The van der Waals surface area contributed by atoms with Crippen molar-refractivity contribution in [2.75, 3.05) is 5.32 Å². The Hall–Kier alpha value is -3.21. The number of carbonyl (C=O) groups is 1. The van der Waals surface area contributed by atoms with E-state index < -0.39 is 0 Å². The highest BCUT2D eigenvalue weighted by Gasteiger charge is 2.22. The fourth-order valence-electron chi connectivity index (χ4n) is 4.94. The summed E-state index contributed by atoms with van der Waals surface area (Å²) in [6, 6.07) is 16.7. The maximum atomic E-state index is 12.9. The van der Waals surface area contributed by atoms with Crippen molar-refractivity contribution in [3.8, 4) is 11.1 Å². The predicted octanol–water partition coefficient (Wildman–Crippen LogP) is 5.70. The summed E-state index contributed by atoms with van der Waals surface area (Å²) in [5.74, 6) is 0.672. The number of rotatable bonds is 5. The highest BCUT2D eigenvalue weighted by Crippen LogP contribution is 2.30. The molecule has 1 saturated carbocycles. The first kappa shape index (κ1) is 20.7. The van der Waals surface area contributed by atoms with E-state index in [-0.39, 0.29) is 11.9 Å². The topological polar surface area (TPSA) is 66.9 Å². The summed E-state index contributed by atoms with van der Waals surface area (Å²) in [5.41, 5.74) is 5.23. The van der Waals surface area contributed by atoms with Crippen molar-refractivity contribution >= 4 is 11.9 Å². The van der Waals surface area contributed by atoms with Gasteiger partial charge < -0.3 is 10.6 Å². The molecule has 1 aromatic heterocycles. The Labute approximate surface area is 189 Å². The van der Waals surface area contributed by atoms with Gasteiger partial charge in [-0.3, -0.25) is 4.79 Å². The van der Waals surface area contributed by atoms with Gasteiger partial charge >= 0.3 is 0 Å². The second-order valence-electron chi connectivity index (χ2n) is 8.97. The van der Waals surface area contributed by atoms with Crippen LogP contribution in [0.15, 0.2) is 60.9 Å². The maximum Gasteiger partial charge on any atom is 0.251 e. The third-order valence-corrected chi connectivity index (χ3v) is 6.75. The smallest absolute Gasteiger partial charge is 0.251 e. The second kappa shape index (κ2) is 9.51. The van der Waals surface area contributed by atoms with Crippen LogP contribution in [0.3, 0.4) is 0 Å². The van der Waals surface area contributed by atoms with Crippen LogP contribution in [0.4, 0.5) is 5.95 Å². The van der Waals surface area contributed by atoms with Crippen LogP contribution in [0, 0.1) is 0 Å². The van der Waals surface area contributed by atoms with Gasteiger partial charge in [-0.25, -0.2) is 9.97 Å². The lowest BCUT2D eigenvalue weighted by atomic mass is 9.87. The number of fused-ring (bicyclic) bond motifs is 1. The molecule has 5 heteroatoms. The van der Waals surface area contributed by atoms with Gasteiger partial charge in [-0.1, -0.05) is 55.7 Å². The highest BCUT2D eigenvalue weighted by molar-refractivity contribution is 5.95. The number of hydrogen-bond donors (Lipinski definition) is 2. The van der Waals surface area contributed by atoms with Crippen LogP contribution in [-0.4, -0.2) is 21.9 Å². The number of amides is 1. The summed E-state index contributed by atoms with van der Waals surface area (Å²) in [4.78, 5) is 21.9. The van der Waals surface area contributed by atoms with Gasteiger partial charge in [0.25, 0.3) is 5.91 Å². The zero-order valence-electron chi connectivity index (χ0n) is 18.4. The van der Waals surface area contributed by atoms with Crippen LogP contribution in [0.5, 0.6) is 0 Å². The monoisotopic (exact) mass is 426 g/mol. The summed E-state index contributed by atoms with van der Waals surface area (Å²) in [6.45, 7) is 0. The maximum absolute atomic E-state index is 12.9. The van der Waals surface area contributed by atoms with Crippen molar-refractivity contribution < 1.29 is 4.79 Å². The molecule has 2 aromatic carbocycles. The third-order valence-electron chi connectivity index (χ3n) is 6.75. The normalized spacial score (nSPS) is 18.6. The average Bonchev–Trinajstić information content (AvgIpc) is 2.85. The van der Waals surface area contributed by atoms with E-state index in [0.29, 0.717) is 17.6 Å². The Morgan fingerprint density at radius 3 is 2.34 bits per heavy atom. The Kier molecular flexibility index (Phi) is 6.15. The van der Waals surface area contributed by atoms with Crippen molar-refractivity contribution in [2.45, 2.75) is 63.5 Å². The molecule has 0 bridgehead atoms. The first-order valence-electron chi connectivity index (χ1n) is 11.8. The van der Waals surface area contributed by atoms with E-state index in [4.69, 9.17) is 0 Å². The Morgan fingerprint density at radius 1 is 0.812 bits per heavy atom. The summed E-state index contributed by atoms with van der Waals surface area (Å²) in [6.07, 6.45) is 13.2. The minimum Gasteiger partial charge on any atom is -0.351 e. The molecule has 2 aliphatic rings. The molecule has 32 heavy (non-hydrogen) atoms. The number of anilines is 1. The molecule has 0 radical (unpaired) electrons. The van der Waals surface area contributed by atoms with E-state index in [1.165, 1.54) is 43.2 Å². The number of aromatic nitrogens is 2. The lowest BCUT2D eigenvalue weighted by Gasteiger charge is -2.26. The first-order chi connectivity index (χ1) is 15.8. The van der Waals surface area contributed by atoms with Gasteiger partial charge in [0.15, 0.2) is 0 Å². The van der Waals surface area contributed by atoms with Gasteiger partial charge in [-0.15, -0.1) is 0 Å². The van der Waals surface area contributed by atoms with E-state index >= 15 is 0 Å². The Bertz CT molecular complexity index is 1060. The molecular weight excluding hydrogens is 396 g/mol. The molecule has 3 aromatic rings. The second-order valence-corrected chi connectivity index (χ2v) is 8.97. The quantitative estimate of drug-likeness (QED) is 0.549. The van der Waals surface area contributed by atoms with E-state index in [2.05, 4.69) is 44.9 Å². The highest BCUT2D eigenvalue weighted by atomic mass is 16.1. The van der Waals surface area contributed by atoms with Crippen LogP contribution >= 0.6 is 0 Å². The minimum atomic E-state index is -0.0264. The van der Waals surface area contributed by atoms with Crippen molar-refractivity contribution in [2.24, 2.45) is 0 Å². The average molecular weight is 427 g/mol. The van der Waals surface area contributed by atoms with Gasteiger partial charge in [0.2, 0.25) is 5.95 Å². The van der Waals surface area contributed by atoms with E-state index in [1.807, 2.05) is 36.7 Å². The number of nitrogens with one attached hydrogen (secondary N) is 2. The van der Waals surface area contributed by atoms with Crippen LogP contribution in [0.1, 0.15) is 72.5 Å². The summed E-state index contributed by atoms with van der Waals surface area (Å²) in [5, 5.41) is 6.68. The van der Waals surface area contributed by atoms with E-state index in [9.17, 15) is 4.79 Å². The molecule has 164 valence electrons. The van der Waals surface area contributed by atoms with Crippen LogP contribution in [-0.2, 0) is 6.42 Å². The lowest BCUT2D eigenvalue weighted by molar-refractivity contribution is 0.0933. The standard InChI is InChI=1S/C27H30N4O/c32-26(31-25-12-6-8-20-7-4-5-11-24(20)25)21-15-13-19(14-16-21)22-17-28-27(29-18-22)30-23-9-2-1-3-10-23/h4-5,7,11,13-18,23,25H,1-3,6,8-10,12H2,(H,31,32)(H,28,29,30). The predicted molar refractivity (Wildman–Crippen MR) is 128 cm³/mol. The summed E-state index contributed by atoms with van der Waals surface area (Å²) in [7, 11) is 0. The molecule has 1 amide bonds. The van der Waals surface area contributed by atoms with Crippen LogP contribution in [0.25, 0.3) is 11.1 Å². The SMILES string of the molecule is O=C(NC1CCCc2ccccc21)c1ccc(-c2cnc(NC3CCCCC3)nc2)cc1. The number of carbonyl (C=O) groups excluding carboxylic acids is 1. The molecular formula is C27H30N4O. The fourth-order valence-corrected chi connectivity index (χ4v) is 4.94. The van der Waals surface area contributed by atoms with Gasteiger partial charge in [-0.05, 0) is 60.9 Å².